The summed E-state index contributed by atoms with van der Waals surface area (Å²) in [6.07, 6.45) is 4.89. The minimum Gasteiger partial charge on any atom is -0.311 e. The van der Waals surface area contributed by atoms with Gasteiger partial charge in [-0.1, -0.05) is 44.2 Å². The maximum atomic E-state index is 4.01. The number of hydrogen-bond donors (Lipinski definition) is 1. The zero-order valence-corrected chi connectivity index (χ0v) is 14.1. The summed E-state index contributed by atoms with van der Waals surface area (Å²) in [4.78, 5) is 2.67. The van der Waals surface area contributed by atoms with Crippen LogP contribution in [0.25, 0.3) is 0 Å². The molecular weight excluding hydrogens is 268 g/mol. The van der Waals surface area contributed by atoms with E-state index in [4.69, 9.17) is 0 Å². The highest BCUT2D eigenvalue weighted by molar-refractivity contribution is 5.24. The number of benzene rings is 1. The van der Waals surface area contributed by atoms with Gasteiger partial charge in [0.2, 0.25) is 0 Å². The Hall–Kier alpha value is -1.12. The van der Waals surface area contributed by atoms with Gasteiger partial charge in [-0.05, 0) is 48.3 Å². The third-order valence-electron chi connectivity index (χ3n) is 5.59. The molecule has 1 aromatic carbocycles. The van der Waals surface area contributed by atoms with Gasteiger partial charge in [0.1, 0.15) is 0 Å². The molecule has 3 fully saturated rings. The van der Waals surface area contributed by atoms with Gasteiger partial charge in [-0.25, -0.2) is 0 Å². The van der Waals surface area contributed by atoms with Gasteiger partial charge in [-0.2, -0.15) is 0 Å². The Bertz CT molecular complexity index is 491. The minimum atomic E-state index is 0.616. The van der Waals surface area contributed by atoms with Gasteiger partial charge < -0.3 is 5.32 Å². The maximum Gasteiger partial charge on any atom is 0.0223 e. The van der Waals surface area contributed by atoms with E-state index in [1.807, 2.05) is 0 Å². The Kier molecular flexibility index (Phi) is 5.00. The molecule has 0 radical (unpaired) electrons. The van der Waals surface area contributed by atoms with Crippen molar-refractivity contribution in [2.75, 3.05) is 19.6 Å². The van der Waals surface area contributed by atoms with Crippen LogP contribution in [0, 0.1) is 11.8 Å². The Labute approximate surface area is 135 Å². The lowest BCUT2D eigenvalue weighted by Crippen LogP contribution is -2.55. The minimum absolute atomic E-state index is 0.616. The summed E-state index contributed by atoms with van der Waals surface area (Å²) in [5.41, 5.74) is 2.82. The number of fused-ring (bicyclic) bond motifs is 3. The van der Waals surface area contributed by atoms with Crippen molar-refractivity contribution >= 4 is 0 Å². The molecule has 3 heterocycles. The van der Waals surface area contributed by atoms with Crippen molar-refractivity contribution in [1.82, 2.24) is 10.2 Å². The molecular formula is C20H30N2. The third kappa shape index (κ3) is 3.44. The summed E-state index contributed by atoms with van der Waals surface area (Å²) in [5.74, 6) is 2.22. The predicted octanol–water partition coefficient (Wildman–Crippen LogP) is 3.80. The van der Waals surface area contributed by atoms with E-state index in [1.54, 1.807) is 0 Å². The molecule has 1 unspecified atom stereocenters. The lowest BCUT2D eigenvalue weighted by molar-refractivity contribution is 0.0195. The number of nitrogens with one attached hydrogen (secondary N) is 1. The smallest absolute Gasteiger partial charge is 0.0223 e. The van der Waals surface area contributed by atoms with Crippen molar-refractivity contribution in [3.8, 4) is 0 Å². The standard InChI is InChI=1S/C20H30N2/c1-4-17-14-22-10-9-19(17)11-20(22)13-21-12-16-5-7-18(8-6-16)15(2)3/h4-8,15,17,19-21H,1,9-14H2,2-3H3/t17-,19+,20-/m0/s1. The summed E-state index contributed by atoms with van der Waals surface area (Å²) < 4.78 is 0. The monoisotopic (exact) mass is 298 g/mol. The van der Waals surface area contributed by atoms with Crippen LogP contribution < -0.4 is 5.32 Å². The first kappa shape index (κ1) is 15.8. The molecule has 0 saturated carbocycles. The molecule has 0 spiro atoms. The van der Waals surface area contributed by atoms with Crippen LogP contribution in [0.15, 0.2) is 36.9 Å². The molecule has 1 N–H and O–H groups in total. The van der Waals surface area contributed by atoms with Gasteiger partial charge in [0.05, 0.1) is 0 Å². The van der Waals surface area contributed by atoms with Crippen LogP contribution in [0.4, 0.5) is 0 Å². The summed E-state index contributed by atoms with van der Waals surface area (Å²) in [6.45, 7) is 13.1. The zero-order chi connectivity index (χ0) is 15.5. The zero-order valence-electron chi connectivity index (χ0n) is 14.1. The van der Waals surface area contributed by atoms with Crippen molar-refractivity contribution in [1.29, 1.82) is 0 Å². The van der Waals surface area contributed by atoms with Crippen molar-refractivity contribution in [2.24, 2.45) is 11.8 Å². The van der Waals surface area contributed by atoms with Gasteiger partial charge >= 0.3 is 0 Å². The Morgan fingerprint density at radius 3 is 2.68 bits per heavy atom. The van der Waals surface area contributed by atoms with E-state index < -0.39 is 0 Å². The quantitative estimate of drug-likeness (QED) is 0.804. The second-order valence-corrected chi connectivity index (χ2v) is 7.36. The number of rotatable bonds is 6. The van der Waals surface area contributed by atoms with Crippen LogP contribution in [-0.2, 0) is 6.54 Å². The fourth-order valence-electron chi connectivity index (χ4n) is 4.06. The Morgan fingerprint density at radius 1 is 1.32 bits per heavy atom. The lowest BCUT2D eigenvalue weighted by Gasteiger charge is -2.49. The fourth-order valence-corrected chi connectivity index (χ4v) is 4.06. The van der Waals surface area contributed by atoms with Gasteiger partial charge in [0, 0.05) is 25.7 Å². The molecule has 2 nitrogen and oxygen atoms in total. The molecule has 1 aromatic rings. The van der Waals surface area contributed by atoms with Crippen LogP contribution >= 0.6 is 0 Å². The summed E-state index contributed by atoms with van der Waals surface area (Å²) >= 11 is 0. The number of nitrogens with zero attached hydrogens (tertiary/aromatic N) is 1. The number of hydrogen-bond acceptors (Lipinski definition) is 2. The van der Waals surface area contributed by atoms with Crippen molar-refractivity contribution < 1.29 is 0 Å². The van der Waals surface area contributed by atoms with Crippen molar-refractivity contribution in [3.63, 3.8) is 0 Å². The molecule has 22 heavy (non-hydrogen) atoms. The first-order valence-corrected chi connectivity index (χ1v) is 8.83. The largest absolute Gasteiger partial charge is 0.311 e. The van der Waals surface area contributed by atoms with Crippen LogP contribution in [0.5, 0.6) is 0 Å². The highest BCUT2D eigenvalue weighted by Crippen LogP contribution is 2.36. The van der Waals surface area contributed by atoms with Gasteiger partial charge in [0.15, 0.2) is 0 Å². The fraction of sp³-hybridized carbons (Fsp3) is 0.600. The molecule has 4 atom stereocenters. The molecule has 3 aliphatic rings. The van der Waals surface area contributed by atoms with Gasteiger partial charge in [-0.3, -0.25) is 4.90 Å². The molecule has 0 aliphatic carbocycles. The van der Waals surface area contributed by atoms with E-state index in [-0.39, 0.29) is 0 Å². The SMILES string of the molecule is C=C[C@H]1CN2CC[C@@H]1C[C@H]2CNCc1ccc(C(C)C)cc1. The Morgan fingerprint density at radius 2 is 2.09 bits per heavy atom. The van der Waals surface area contributed by atoms with Gasteiger partial charge in [-0.15, -0.1) is 6.58 Å². The average molecular weight is 298 g/mol. The normalized spacial score (nSPS) is 30.7. The van der Waals surface area contributed by atoms with Crippen LogP contribution in [0.3, 0.4) is 0 Å². The van der Waals surface area contributed by atoms with E-state index >= 15 is 0 Å². The number of piperidine rings is 3. The van der Waals surface area contributed by atoms with E-state index in [0.717, 1.165) is 31.0 Å². The second kappa shape index (κ2) is 6.97. The predicted molar refractivity (Wildman–Crippen MR) is 94.0 cm³/mol. The van der Waals surface area contributed by atoms with Crippen molar-refractivity contribution in [3.05, 3.63) is 48.0 Å². The van der Waals surface area contributed by atoms with E-state index in [9.17, 15) is 0 Å². The van der Waals surface area contributed by atoms with Crippen LogP contribution in [0.2, 0.25) is 0 Å². The lowest BCUT2D eigenvalue weighted by atomic mass is 9.75. The summed E-state index contributed by atoms with van der Waals surface area (Å²) in [5, 5.41) is 3.67. The summed E-state index contributed by atoms with van der Waals surface area (Å²) in [7, 11) is 0. The molecule has 2 heteroatoms. The first-order valence-electron chi connectivity index (χ1n) is 8.83. The summed E-state index contributed by atoms with van der Waals surface area (Å²) in [6, 6.07) is 9.79. The molecule has 0 amide bonds. The highest BCUT2D eigenvalue weighted by atomic mass is 15.2. The van der Waals surface area contributed by atoms with E-state index in [2.05, 4.69) is 61.0 Å². The van der Waals surface area contributed by atoms with Gasteiger partial charge in [0.25, 0.3) is 0 Å². The van der Waals surface area contributed by atoms with Crippen molar-refractivity contribution in [2.45, 2.75) is 45.2 Å². The van der Waals surface area contributed by atoms with Crippen LogP contribution in [-0.4, -0.2) is 30.6 Å². The molecule has 2 bridgehead atoms. The van der Waals surface area contributed by atoms with E-state index in [0.29, 0.717) is 5.92 Å². The highest BCUT2D eigenvalue weighted by Gasteiger charge is 2.38. The molecule has 0 aromatic heterocycles. The topological polar surface area (TPSA) is 15.3 Å². The van der Waals surface area contributed by atoms with E-state index in [1.165, 1.54) is 37.1 Å². The molecule has 3 saturated heterocycles. The molecule has 4 rings (SSSR count). The first-order chi connectivity index (χ1) is 10.7. The average Bonchev–Trinajstić information content (AvgIpc) is 2.56. The second-order valence-electron chi connectivity index (χ2n) is 7.36. The maximum absolute atomic E-state index is 4.01. The molecule has 3 aliphatic heterocycles. The molecule has 120 valence electrons. The Balaban J connectivity index is 1.46. The third-order valence-corrected chi connectivity index (χ3v) is 5.59. The van der Waals surface area contributed by atoms with Crippen LogP contribution in [0.1, 0.15) is 43.7 Å².